The van der Waals surface area contributed by atoms with E-state index in [1.54, 1.807) is 0 Å². The average Bonchev–Trinajstić information content (AvgIpc) is 2.83. The molecular weight excluding hydrogens is 269 g/mol. The maximum Gasteiger partial charge on any atom is 0.412 e. The van der Waals surface area contributed by atoms with Gasteiger partial charge in [0, 0.05) is 18.7 Å². The van der Waals surface area contributed by atoms with Gasteiger partial charge in [-0.1, -0.05) is 13.0 Å². The van der Waals surface area contributed by atoms with Gasteiger partial charge >= 0.3 is 6.18 Å². The van der Waals surface area contributed by atoms with E-state index in [9.17, 15) is 13.2 Å². The van der Waals surface area contributed by atoms with Crippen LogP contribution in [0.4, 0.5) is 13.2 Å². The summed E-state index contributed by atoms with van der Waals surface area (Å²) in [7, 11) is 0. The van der Waals surface area contributed by atoms with Gasteiger partial charge in [-0.3, -0.25) is 4.90 Å². The highest BCUT2D eigenvalue weighted by atomic mass is 19.4. The zero-order chi connectivity index (χ0) is 14.6. The number of hydrogen-bond donors (Lipinski definition) is 1. The van der Waals surface area contributed by atoms with Crippen LogP contribution in [0.5, 0.6) is 0 Å². The van der Waals surface area contributed by atoms with Gasteiger partial charge in [0.2, 0.25) is 0 Å². The lowest BCUT2D eigenvalue weighted by molar-refractivity contribution is -0.0961. The summed E-state index contributed by atoms with van der Waals surface area (Å²) >= 11 is 0. The van der Waals surface area contributed by atoms with Gasteiger partial charge in [-0.15, -0.1) is 0 Å². The normalized spacial score (nSPS) is 17.3. The van der Waals surface area contributed by atoms with E-state index in [4.69, 9.17) is 4.42 Å². The standard InChI is InChI=1S/C14H19F3N2O/c1-2-18-9-12-3-4-13(20-12)10-19-7-5-11(6-8-19)14(15,16)17/h3-5,18H,2,6-10H2,1H3. The van der Waals surface area contributed by atoms with Crippen LogP contribution in [-0.2, 0) is 13.1 Å². The van der Waals surface area contributed by atoms with Crippen molar-refractivity contribution in [3.63, 3.8) is 0 Å². The van der Waals surface area contributed by atoms with Gasteiger partial charge in [0.1, 0.15) is 11.5 Å². The van der Waals surface area contributed by atoms with E-state index in [2.05, 4.69) is 5.32 Å². The molecule has 1 aliphatic heterocycles. The van der Waals surface area contributed by atoms with Crippen LogP contribution in [-0.4, -0.2) is 30.7 Å². The second kappa shape index (κ2) is 6.45. The van der Waals surface area contributed by atoms with Gasteiger partial charge in [0.05, 0.1) is 13.1 Å². The van der Waals surface area contributed by atoms with Crippen molar-refractivity contribution in [2.75, 3.05) is 19.6 Å². The molecule has 0 aliphatic carbocycles. The van der Waals surface area contributed by atoms with E-state index in [-0.39, 0.29) is 6.42 Å². The highest BCUT2D eigenvalue weighted by molar-refractivity contribution is 5.14. The Bertz CT molecular complexity index is 465. The fraction of sp³-hybridized carbons (Fsp3) is 0.571. The number of hydrogen-bond acceptors (Lipinski definition) is 3. The number of nitrogens with one attached hydrogen (secondary N) is 1. The van der Waals surface area contributed by atoms with Gasteiger partial charge < -0.3 is 9.73 Å². The summed E-state index contributed by atoms with van der Waals surface area (Å²) in [6, 6.07) is 3.79. The molecule has 2 rings (SSSR count). The van der Waals surface area contributed by atoms with Crippen LogP contribution in [0.2, 0.25) is 0 Å². The minimum absolute atomic E-state index is 0.0501. The summed E-state index contributed by atoms with van der Waals surface area (Å²) in [6.45, 7) is 4.84. The second-order valence-electron chi connectivity index (χ2n) is 4.86. The third-order valence-corrected chi connectivity index (χ3v) is 3.30. The minimum atomic E-state index is -4.18. The van der Waals surface area contributed by atoms with E-state index < -0.39 is 11.7 Å². The van der Waals surface area contributed by atoms with Crippen molar-refractivity contribution in [2.24, 2.45) is 0 Å². The smallest absolute Gasteiger partial charge is 0.412 e. The fourth-order valence-electron chi connectivity index (χ4n) is 2.18. The van der Waals surface area contributed by atoms with Gasteiger partial charge in [-0.25, -0.2) is 0 Å². The molecule has 0 amide bonds. The first kappa shape index (κ1) is 15.1. The predicted octanol–water partition coefficient (Wildman–Crippen LogP) is 3.08. The molecule has 0 aromatic carbocycles. The molecule has 0 radical (unpaired) electrons. The maximum absolute atomic E-state index is 12.5. The number of halogens is 3. The molecule has 1 aliphatic rings. The van der Waals surface area contributed by atoms with Crippen LogP contribution in [0.3, 0.4) is 0 Å². The van der Waals surface area contributed by atoms with E-state index in [1.165, 1.54) is 6.08 Å². The van der Waals surface area contributed by atoms with Crippen molar-refractivity contribution in [3.8, 4) is 0 Å². The first-order valence-electron chi connectivity index (χ1n) is 6.76. The van der Waals surface area contributed by atoms with Crippen molar-refractivity contribution in [1.82, 2.24) is 10.2 Å². The lowest BCUT2D eigenvalue weighted by atomic mass is 10.1. The molecule has 1 aromatic rings. The van der Waals surface area contributed by atoms with E-state index in [1.807, 2.05) is 24.0 Å². The van der Waals surface area contributed by atoms with Crippen molar-refractivity contribution in [3.05, 3.63) is 35.3 Å². The Kier molecular flexibility index (Phi) is 4.88. The van der Waals surface area contributed by atoms with E-state index in [0.29, 0.717) is 26.2 Å². The summed E-state index contributed by atoms with van der Waals surface area (Å²) < 4.78 is 43.1. The molecule has 0 spiro atoms. The lowest BCUT2D eigenvalue weighted by Gasteiger charge is -2.26. The lowest BCUT2D eigenvalue weighted by Crippen LogP contribution is -2.31. The summed E-state index contributed by atoms with van der Waals surface area (Å²) in [6.07, 6.45) is -2.86. The van der Waals surface area contributed by atoms with Crippen LogP contribution >= 0.6 is 0 Å². The molecule has 3 nitrogen and oxygen atoms in total. The third-order valence-electron chi connectivity index (χ3n) is 3.30. The highest BCUT2D eigenvalue weighted by Crippen LogP contribution is 2.30. The molecule has 20 heavy (non-hydrogen) atoms. The Morgan fingerprint density at radius 1 is 1.30 bits per heavy atom. The number of furan rings is 1. The van der Waals surface area contributed by atoms with Crippen molar-refractivity contribution >= 4 is 0 Å². The quantitative estimate of drug-likeness (QED) is 0.844. The maximum atomic E-state index is 12.5. The van der Waals surface area contributed by atoms with Crippen LogP contribution in [0.1, 0.15) is 24.9 Å². The molecule has 1 aromatic heterocycles. The van der Waals surface area contributed by atoms with Gasteiger partial charge in [-0.2, -0.15) is 13.2 Å². The number of alkyl halides is 3. The molecule has 0 unspecified atom stereocenters. The third kappa shape index (κ3) is 4.11. The first-order chi connectivity index (χ1) is 9.49. The van der Waals surface area contributed by atoms with Gasteiger partial charge in [0.15, 0.2) is 0 Å². The monoisotopic (exact) mass is 288 g/mol. The van der Waals surface area contributed by atoms with E-state index in [0.717, 1.165) is 18.1 Å². The SMILES string of the molecule is CCNCc1ccc(CN2CC=C(C(F)(F)F)CC2)o1. The Labute approximate surface area is 116 Å². The van der Waals surface area contributed by atoms with Crippen molar-refractivity contribution in [1.29, 1.82) is 0 Å². The molecule has 0 saturated carbocycles. The second-order valence-corrected chi connectivity index (χ2v) is 4.86. The zero-order valence-corrected chi connectivity index (χ0v) is 11.5. The number of rotatable bonds is 5. The summed E-state index contributed by atoms with van der Waals surface area (Å²) in [4.78, 5) is 1.95. The van der Waals surface area contributed by atoms with Crippen LogP contribution in [0.25, 0.3) is 0 Å². The molecule has 0 fully saturated rings. The number of nitrogens with zero attached hydrogens (tertiary/aromatic N) is 1. The van der Waals surface area contributed by atoms with Crippen molar-refractivity contribution in [2.45, 2.75) is 32.6 Å². The Balaban J connectivity index is 1.86. The summed E-state index contributed by atoms with van der Waals surface area (Å²) in [5.74, 6) is 1.65. The van der Waals surface area contributed by atoms with E-state index >= 15 is 0 Å². The molecule has 0 atom stereocenters. The minimum Gasteiger partial charge on any atom is -0.463 e. The highest BCUT2D eigenvalue weighted by Gasteiger charge is 2.34. The van der Waals surface area contributed by atoms with Crippen LogP contribution < -0.4 is 5.32 Å². The van der Waals surface area contributed by atoms with Crippen molar-refractivity contribution < 1.29 is 17.6 Å². The molecule has 2 heterocycles. The molecule has 112 valence electrons. The Morgan fingerprint density at radius 3 is 2.65 bits per heavy atom. The predicted molar refractivity (Wildman–Crippen MR) is 70.1 cm³/mol. The Hall–Kier alpha value is -1.27. The summed E-state index contributed by atoms with van der Waals surface area (Å²) in [5, 5.41) is 3.16. The van der Waals surface area contributed by atoms with Crippen LogP contribution in [0, 0.1) is 0 Å². The van der Waals surface area contributed by atoms with Gasteiger partial charge in [0.25, 0.3) is 0 Å². The zero-order valence-electron chi connectivity index (χ0n) is 11.5. The Morgan fingerprint density at radius 2 is 2.05 bits per heavy atom. The topological polar surface area (TPSA) is 28.4 Å². The molecule has 0 saturated heterocycles. The van der Waals surface area contributed by atoms with Gasteiger partial charge in [-0.05, 0) is 25.1 Å². The molecule has 0 bridgehead atoms. The molecular formula is C14H19F3N2O. The molecule has 6 heteroatoms. The van der Waals surface area contributed by atoms with Crippen LogP contribution in [0.15, 0.2) is 28.2 Å². The molecule has 1 N–H and O–H groups in total. The first-order valence-corrected chi connectivity index (χ1v) is 6.76. The largest absolute Gasteiger partial charge is 0.463 e. The summed E-state index contributed by atoms with van der Waals surface area (Å²) in [5.41, 5.74) is -0.416. The average molecular weight is 288 g/mol. The fourth-order valence-corrected chi connectivity index (χ4v) is 2.18.